The van der Waals surface area contributed by atoms with Crippen molar-refractivity contribution < 1.29 is 9.53 Å². The first-order valence-electron chi connectivity index (χ1n) is 9.80. The van der Waals surface area contributed by atoms with Gasteiger partial charge in [-0.1, -0.05) is 13.8 Å². The summed E-state index contributed by atoms with van der Waals surface area (Å²) in [5.41, 5.74) is 0. The third-order valence-corrected chi connectivity index (χ3v) is 8.59. The fourth-order valence-electron chi connectivity index (χ4n) is 7.50. The van der Waals surface area contributed by atoms with Crippen LogP contribution in [0.2, 0.25) is 0 Å². The van der Waals surface area contributed by atoms with Gasteiger partial charge in [-0.15, -0.1) is 0 Å². The van der Waals surface area contributed by atoms with Crippen LogP contribution in [0.5, 0.6) is 0 Å². The number of carbonyl (C=O) groups excluding carboxylic acids is 1. The SMILES string of the molecule is CC1C2CC(C(=O)OC3C4CC5CC(C4)CC3C5)C(C2)C1C. The number of hydrogen-bond donors (Lipinski definition) is 0. The monoisotopic (exact) mass is 302 g/mol. The van der Waals surface area contributed by atoms with E-state index in [4.69, 9.17) is 4.74 Å². The topological polar surface area (TPSA) is 26.3 Å². The van der Waals surface area contributed by atoms with Crippen LogP contribution in [0.4, 0.5) is 0 Å². The van der Waals surface area contributed by atoms with Crippen LogP contribution in [-0.2, 0) is 9.53 Å². The maximum absolute atomic E-state index is 12.9. The zero-order valence-corrected chi connectivity index (χ0v) is 14.0. The van der Waals surface area contributed by atoms with Crippen molar-refractivity contribution in [3.8, 4) is 0 Å². The zero-order valence-electron chi connectivity index (χ0n) is 14.0. The minimum atomic E-state index is 0.184. The van der Waals surface area contributed by atoms with Crippen molar-refractivity contribution in [2.24, 2.45) is 53.3 Å². The van der Waals surface area contributed by atoms with E-state index < -0.39 is 0 Å². The lowest BCUT2D eigenvalue weighted by Gasteiger charge is -2.53. The molecular formula is C20H30O2. The molecule has 0 aromatic rings. The molecule has 6 bridgehead atoms. The molecular weight excluding hydrogens is 272 g/mol. The normalized spacial score (nSPS) is 58.3. The lowest BCUT2D eigenvalue weighted by molar-refractivity contribution is -0.178. The summed E-state index contributed by atoms with van der Waals surface area (Å²) in [5.74, 6) is 6.68. The van der Waals surface area contributed by atoms with Crippen molar-refractivity contribution >= 4 is 5.97 Å². The number of esters is 1. The lowest BCUT2D eigenvalue weighted by Crippen LogP contribution is -2.50. The van der Waals surface area contributed by atoms with Gasteiger partial charge < -0.3 is 4.74 Å². The second-order valence-electron chi connectivity index (χ2n) is 9.55. The van der Waals surface area contributed by atoms with Crippen LogP contribution in [0.1, 0.15) is 58.8 Å². The summed E-state index contributed by atoms with van der Waals surface area (Å²) in [6.45, 7) is 4.74. The first kappa shape index (κ1) is 13.9. The maximum atomic E-state index is 12.9. The average Bonchev–Trinajstić information content (AvgIpc) is 3.03. The molecule has 6 aliphatic rings. The molecule has 6 aliphatic carbocycles. The fourth-order valence-corrected chi connectivity index (χ4v) is 7.50. The summed E-state index contributed by atoms with van der Waals surface area (Å²) < 4.78 is 6.21. The third-order valence-electron chi connectivity index (χ3n) is 8.59. The Balaban J connectivity index is 1.28. The molecule has 22 heavy (non-hydrogen) atoms. The molecule has 0 aromatic heterocycles. The molecule has 0 spiro atoms. The minimum Gasteiger partial charge on any atom is -0.462 e. The van der Waals surface area contributed by atoms with E-state index in [-0.39, 0.29) is 18.0 Å². The molecule has 2 nitrogen and oxygen atoms in total. The highest BCUT2D eigenvalue weighted by atomic mass is 16.5. The molecule has 0 aromatic carbocycles. The predicted octanol–water partition coefficient (Wildman–Crippen LogP) is 4.28. The number of hydrogen-bond acceptors (Lipinski definition) is 2. The molecule has 6 saturated carbocycles. The molecule has 5 atom stereocenters. The summed E-state index contributed by atoms with van der Waals surface area (Å²) in [4.78, 5) is 12.9. The van der Waals surface area contributed by atoms with Gasteiger partial charge in [0.15, 0.2) is 0 Å². The van der Waals surface area contributed by atoms with E-state index in [0.717, 1.165) is 36.0 Å². The van der Waals surface area contributed by atoms with Crippen molar-refractivity contribution in [3.63, 3.8) is 0 Å². The molecule has 5 unspecified atom stereocenters. The molecule has 6 fully saturated rings. The first-order chi connectivity index (χ1) is 10.6. The molecule has 122 valence electrons. The Labute approximate surface area is 134 Å². The van der Waals surface area contributed by atoms with Crippen LogP contribution in [0.3, 0.4) is 0 Å². The molecule has 0 amide bonds. The van der Waals surface area contributed by atoms with E-state index >= 15 is 0 Å². The van der Waals surface area contributed by atoms with E-state index in [1.165, 1.54) is 38.5 Å². The van der Waals surface area contributed by atoms with Gasteiger partial charge in [-0.2, -0.15) is 0 Å². The molecule has 2 heteroatoms. The molecule has 0 radical (unpaired) electrons. The molecule has 0 saturated heterocycles. The maximum Gasteiger partial charge on any atom is 0.309 e. The predicted molar refractivity (Wildman–Crippen MR) is 85.0 cm³/mol. The quantitative estimate of drug-likeness (QED) is 0.712. The van der Waals surface area contributed by atoms with Crippen molar-refractivity contribution in [2.75, 3.05) is 0 Å². The highest BCUT2D eigenvalue weighted by molar-refractivity contribution is 5.74. The molecule has 0 heterocycles. The zero-order chi connectivity index (χ0) is 15.0. The van der Waals surface area contributed by atoms with Crippen LogP contribution in [0.15, 0.2) is 0 Å². The van der Waals surface area contributed by atoms with Gasteiger partial charge in [-0.3, -0.25) is 4.79 Å². The minimum absolute atomic E-state index is 0.184. The Hall–Kier alpha value is -0.530. The Bertz CT molecular complexity index is 454. The van der Waals surface area contributed by atoms with Gasteiger partial charge in [0.1, 0.15) is 6.10 Å². The first-order valence-corrected chi connectivity index (χ1v) is 9.80. The largest absolute Gasteiger partial charge is 0.462 e. The van der Waals surface area contributed by atoms with E-state index in [0.29, 0.717) is 17.8 Å². The summed E-state index contributed by atoms with van der Waals surface area (Å²) in [6, 6.07) is 0. The average molecular weight is 302 g/mol. The van der Waals surface area contributed by atoms with Crippen LogP contribution >= 0.6 is 0 Å². The fraction of sp³-hybridized carbons (Fsp3) is 0.950. The summed E-state index contributed by atoms with van der Waals surface area (Å²) in [6.07, 6.45) is 9.52. The Morgan fingerprint density at radius 1 is 0.773 bits per heavy atom. The van der Waals surface area contributed by atoms with Gasteiger partial charge in [-0.05, 0) is 92.3 Å². The van der Waals surface area contributed by atoms with Gasteiger partial charge in [0.25, 0.3) is 0 Å². The van der Waals surface area contributed by atoms with Gasteiger partial charge in [0.05, 0.1) is 5.92 Å². The van der Waals surface area contributed by atoms with Gasteiger partial charge in [-0.25, -0.2) is 0 Å². The highest BCUT2D eigenvalue weighted by Crippen LogP contribution is 2.57. The van der Waals surface area contributed by atoms with Gasteiger partial charge in [0.2, 0.25) is 0 Å². The van der Waals surface area contributed by atoms with Crippen LogP contribution in [0.25, 0.3) is 0 Å². The Morgan fingerprint density at radius 3 is 1.95 bits per heavy atom. The van der Waals surface area contributed by atoms with E-state index in [1.54, 1.807) is 0 Å². The smallest absolute Gasteiger partial charge is 0.309 e. The van der Waals surface area contributed by atoms with Crippen molar-refractivity contribution in [1.82, 2.24) is 0 Å². The third kappa shape index (κ3) is 1.88. The lowest BCUT2D eigenvalue weighted by atomic mass is 9.55. The van der Waals surface area contributed by atoms with Crippen LogP contribution < -0.4 is 0 Å². The highest BCUT2D eigenvalue weighted by Gasteiger charge is 2.54. The van der Waals surface area contributed by atoms with E-state index in [9.17, 15) is 4.79 Å². The molecule has 0 aliphatic heterocycles. The second-order valence-corrected chi connectivity index (χ2v) is 9.55. The van der Waals surface area contributed by atoms with E-state index in [2.05, 4.69) is 13.8 Å². The molecule has 6 rings (SSSR count). The summed E-state index contributed by atoms with van der Waals surface area (Å²) in [7, 11) is 0. The van der Waals surface area contributed by atoms with Crippen LogP contribution in [0, 0.1) is 53.3 Å². The van der Waals surface area contributed by atoms with Crippen molar-refractivity contribution in [3.05, 3.63) is 0 Å². The second kappa shape index (κ2) is 4.74. The Kier molecular flexibility index (Phi) is 2.99. The standard InChI is InChI=1S/C20H30O2/c1-10-11(2)17-8-14(10)9-18(17)20(21)22-19-15-4-12-3-13(6-15)7-16(19)5-12/h10-19H,3-9H2,1-2H3. The summed E-state index contributed by atoms with van der Waals surface area (Å²) >= 11 is 0. The van der Waals surface area contributed by atoms with Crippen molar-refractivity contribution in [1.29, 1.82) is 0 Å². The number of ether oxygens (including phenoxy) is 1. The number of rotatable bonds is 2. The number of fused-ring (bicyclic) bond motifs is 2. The van der Waals surface area contributed by atoms with Gasteiger partial charge >= 0.3 is 5.97 Å². The number of carbonyl (C=O) groups is 1. The summed E-state index contributed by atoms with van der Waals surface area (Å²) in [5, 5.41) is 0. The van der Waals surface area contributed by atoms with Crippen molar-refractivity contribution in [2.45, 2.75) is 64.9 Å². The van der Waals surface area contributed by atoms with Gasteiger partial charge in [0, 0.05) is 0 Å². The Morgan fingerprint density at radius 2 is 1.41 bits per heavy atom. The molecule has 0 N–H and O–H groups in total. The van der Waals surface area contributed by atoms with E-state index in [1.807, 2.05) is 0 Å². The van der Waals surface area contributed by atoms with Crippen LogP contribution in [-0.4, -0.2) is 12.1 Å².